The maximum atomic E-state index is 13.0. The van der Waals surface area contributed by atoms with Gasteiger partial charge in [-0.05, 0) is 45.2 Å². The van der Waals surface area contributed by atoms with Crippen LogP contribution in [0.15, 0.2) is 16.5 Å². The molecule has 2 aliphatic rings. The number of amides is 2. The van der Waals surface area contributed by atoms with Crippen molar-refractivity contribution in [1.82, 2.24) is 14.7 Å². The van der Waals surface area contributed by atoms with Crippen molar-refractivity contribution in [2.75, 3.05) is 46.0 Å². The average molecular weight is 380 g/mol. The Kier molecular flexibility index (Phi) is 5.97. The minimum atomic E-state index is -0.123. The van der Waals surface area contributed by atoms with E-state index in [-0.39, 0.29) is 17.4 Å². The summed E-state index contributed by atoms with van der Waals surface area (Å²) < 4.78 is 5.73. The molecule has 2 saturated heterocycles. The Bertz CT molecular complexity index is 662. The summed E-state index contributed by atoms with van der Waals surface area (Å²) in [6.07, 6.45) is 4.28. The highest BCUT2D eigenvalue weighted by atomic mass is 32.2. The van der Waals surface area contributed by atoms with E-state index in [1.807, 2.05) is 29.0 Å². The van der Waals surface area contributed by atoms with Crippen molar-refractivity contribution < 1.29 is 14.0 Å². The van der Waals surface area contributed by atoms with Crippen molar-refractivity contribution in [3.8, 4) is 0 Å². The number of carbonyl (C=O) groups is 2. The summed E-state index contributed by atoms with van der Waals surface area (Å²) in [6.45, 7) is 5.73. The second-order valence-corrected chi connectivity index (χ2v) is 8.16. The molecule has 1 atom stereocenters. The molecule has 0 aromatic carbocycles. The van der Waals surface area contributed by atoms with Gasteiger partial charge in [-0.1, -0.05) is 0 Å². The second-order valence-electron chi connectivity index (χ2n) is 7.29. The molecular formula is C19H29N3O3S. The molecule has 0 saturated carbocycles. The Labute approximate surface area is 159 Å². The first kappa shape index (κ1) is 19.3. The number of rotatable bonds is 4. The molecule has 0 aliphatic carbocycles. The summed E-state index contributed by atoms with van der Waals surface area (Å²) in [5, 5.41) is 0. The lowest BCUT2D eigenvalue weighted by atomic mass is 9.86. The summed E-state index contributed by atoms with van der Waals surface area (Å²) >= 11 is 1.68. The van der Waals surface area contributed by atoms with Gasteiger partial charge in [-0.25, -0.2) is 0 Å². The monoisotopic (exact) mass is 379 g/mol. The first-order valence-corrected chi connectivity index (χ1v) is 10.7. The van der Waals surface area contributed by atoms with Crippen LogP contribution in [-0.4, -0.2) is 78.1 Å². The molecule has 2 aliphatic heterocycles. The van der Waals surface area contributed by atoms with Gasteiger partial charge in [-0.15, -0.1) is 0 Å². The van der Waals surface area contributed by atoms with Crippen LogP contribution in [0.5, 0.6) is 0 Å². The predicted octanol–water partition coefficient (Wildman–Crippen LogP) is 2.30. The van der Waals surface area contributed by atoms with Crippen LogP contribution in [0.2, 0.25) is 0 Å². The SMILES string of the molecule is CCN1CC[C@@]2(CCC1=O)CN(C(=O)c1ccc(CSC)o1)CCN2C. The van der Waals surface area contributed by atoms with Crippen molar-refractivity contribution in [2.45, 2.75) is 37.5 Å². The Hall–Kier alpha value is -1.47. The van der Waals surface area contributed by atoms with Crippen LogP contribution in [-0.2, 0) is 10.5 Å². The lowest BCUT2D eigenvalue weighted by molar-refractivity contribution is -0.130. The molecule has 7 heteroatoms. The topological polar surface area (TPSA) is 57.0 Å². The minimum Gasteiger partial charge on any atom is -0.455 e. The van der Waals surface area contributed by atoms with Crippen LogP contribution in [0.4, 0.5) is 0 Å². The summed E-state index contributed by atoms with van der Waals surface area (Å²) in [5.74, 6) is 2.23. The van der Waals surface area contributed by atoms with Crippen molar-refractivity contribution in [3.63, 3.8) is 0 Å². The van der Waals surface area contributed by atoms with E-state index in [0.29, 0.717) is 25.3 Å². The van der Waals surface area contributed by atoms with Gasteiger partial charge < -0.3 is 14.2 Å². The molecule has 1 aromatic rings. The second kappa shape index (κ2) is 8.05. The lowest BCUT2D eigenvalue weighted by Crippen LogP contribution is -2.62. The quantitative estimate of drug-likeness (QED) is 0.803. The van der Waals surface area contributed by atoms with Crippen molar-refractivity contribution in [1.29, 1.82) is 0 Å². The molecular weight excluding hydrogens is 350 g/mol. The fraction of sp³-hybridized carbons (Fsp3) is 0.684. The van der Waals surface area contributed by atoms with E-state index in [1.54, 1.807) is 17.8 Å². The van der Waals surface area contributed by atoms with Gasteiger partial charge in [-0.3, -0.25) is 14.5 Å². The van der Waals surface area contributed by atoms with E-state index in [0.717, 1.165) is 44.0 Å². The Balaban J connectivity index is 1.74. The van der Waals surface area contributed by atoms with Crippen molar-refractivity contribution in [2.24, 2.45) is 0 Å². The van der Waals surface area contributed by atoms with E-state index in [4.69, 9.17) is 4.42 Å². The van der Waals surface area contributed by atoms with Crippen LogP contribution >= 0.6 is 11.8 Å². The molecule has 6 nitrogen and oxygen atoms in total. The number of hydrogen-bond donors (Lipinski definition) is 0. The highest BCUT2D eigenvalue weighted by Crippen LogP contribution is 2.32. The van der Waals surface area contributed by atoms with Crippen molar-refractivity contribution >= 4 is 23.6 Å². The normalized spacial score (nSPS) is 25.0. The zero-order valence-corrected chi connectivity index (χ0v) is 16.8. The third-order valence-corrected chi connectivity index (χ3v) is 6.41. The molecule has 0 N–H and O–H groups in total. The number of carbonyl (C=O) groups excluding carboxylic acids is 2. The van der Waals surface area contributed by atoms with Crippen LogP contribution in [0.25, 0.3) is 0 Å². The molecule has 3 heterocycles. The summed E-state index contributed by atoms with van der Waals surface area (Å²) in [5.41, 5.74) is -0.123. The molecule has 144 valence electrons. The summed E-state index contributed by atoms with van der Waals surface area (Å²) in [6, 6.07) is 3.67. The Morgan fingerprint density at radius 1 is 1.27 bits per heavy atom. The largest absolute Gasteiger partial charge is 0.455 e. The summed E-state index contributed by atoms with van der Waals surface area (Å²) in [4.78, 5) is 31.4. The van der Waals surface area contributed by atoms with Crippen LogP contribution in [0.3, 0.4) is 0 Å². The molecule has 0 bridgehead atoms. The summed E-state index contributed by atoms with van der Waals surface area (Å²) in [7, 11) is 2.12. The molecule has 2 amide bonds. The average Bonchev–Trinajstić information content (AvgIpc) is 3.04. The first-order valence-electron chi connectivity index (χ1n) is 9.35. The number of hydrogen-bond acceptors (Lipinski definition) is 5. The zero-order chi connectivity index (χ0) is 18.7. The van der Waals surface area contributed by atoms with Gasteiger partial charge in [0.1, 0.15) is 5.76 Å². The van der Waals surface area contributed by atoms with E-state index < -0.39 is 0 Å². The predicted molar refractivity (Wildman–Crippen MR) is 103 cm³/mol. The molecule has 0 radical (unpaired) electrons. The molecule has 1 aromatic heterocycles. The standard InChI is InChI=1S/C19H29N3O3S/c1-4-21-10-9-19(8-7-17(21)23)14-22(12-11-20(19)2)18(24)16-6-5-15(25-16)13-26-3/h5-6H,4,7-14H2,1-3H3/t19-/m0/s1. The number of piperazine rings is 1. The number of furan rings is 1. The van der Waals surface area contributed by atoms with E-state index in [1.165, 1.54) is 0 Å². The van der Waals surface area contributed by atoms with Crippen LogP contribution in [0, 0.1) is 0 Å². The lowest BCUT2D eigenvalue weighted by Gasteiger charge is -2.49. The fourth-order valence-corrected chi connectivity index (χ4v) is 4.51. The first-order chi connectivity index (χ1) is 12.5. The number of nitrogens with zero attached hydrogens (tertiary/aromatic N) is 3. The van der Waals surface area contributed by atoms with Gasteiger partial charge in [0.15, 0.2) is 5.76 Å². The van der Waals surface area contributed by atoms with Gasteiger partial charge in [0.05, 0.1) is 5.75 Å². The third-order valence-electron chi connectivity index (χ3n) is 5.83. The van der Waals surface area contributed by atoms with Gasteiger partial charge in [0.2, 0.25) is 5.91 Å². The number of likely N-dealkylation sites (N-methyl/N-ethyl adjacent to an activating group) is 1. The zero-order valence-electron chi connectivity index (χ0n) is 16.0. The van der Waals surface area contributed by atoms with Gasteiger partial charge in [0, 0.05) is 44.7 Å². The molecule has 26 heavy (non-hydrogen) atoms. The maximum absolute atomic E-state index is 13.0. The Morgan fingerprint density at radius 2 is 2.08 bits per heavy atom. The Morgan fingerprint density at radius 3 is 2.81 bits per heavy atom. The number of thioether (sulfide) groups is 1. The van der Waals surface area contributed by atoms with Gasteiger partial charge in [-0.2, -0.15) is 11.8 Å². The van der Waals surface area contributed by atoms with Crippen molar-refractivity contribution in [3.05, 3.63) is 23.7 Å². The fourth-order valence-electron chi connectivity index (χ4n) is 4.07. The van der Waals surface area contributed by atoms with E-state index in [2.05, 4.69) is 11.9 Å². The number of likely N-dealkylation sites (tertiary alicyclic amines) is 1. The smallest absolute Gasteiger partial charge is 0.289 e. The van der Waals surface area contributed by atoms with Gasteiger partial charge >= 0.3 is 0 Å². The third kappa shape index (κ3) is 3.78. The molecule has 0 unspecified atom stereocenters. The molecule has 2 fully saturated rings. The van der Waals surface area contributed by atoms with Gasteiger partial charge in [0.25, 0.3) is 5.91 Å². The minimum absolute atomic E-state index is 0.0345. The van der Waals surface area contributed by atoms with Crippen LogP contribution < -0.4 is 0 Å². The van der Waals surface area contributed by atoms with E-state index in [9.17, 15) is 9.59 Å². The molecule has 1 spiro atoms. The maximum Gasteiger partial charge on any atom is 0.289 e. The van der Waals surface area contributed by atoms with E-state index >= 15 is 0 Å². The molecule has 3 rings (SSSR count). The van der Waals surface area contributed by atoms with Crippen LogP contribution in [0.1, 0.15) is 42.5 Å². The highest BCUT2D eigenvalue weighted by molar-refractivity contribution is 7.97. The highest BCUT2D eigenvalue weighted by Gasteiger charge is 2.43.